The largest absolute Gasteiger partial charge is 0.352 e. The van der Waals surface area contributed by atoms with Crippen molar-refractivity contribution in [3.63, 3.8) is 0 Å². The average Bonchev–Trinajstić information content (AvgIpc) is 3.42. The van der Waals surface area contributed by atoms with E-state index in [2.05, 4.69) is 25.7 Å². The molecule has 0 unspecified atom stereocenters. The minimum Gasteiger partial charge on any atom is -0.352 e. The van der Waals surface area contributed by atoms with Gasteiger partial charge in [0.15, 0.2) is 0 Å². The highest BCUT2D eigenvalue weighted by molar-refractivity contribution is 6.33. The van der Waals surface area contributed by atoms with E-state index in [-0.39, 0.29) is 17.7 Å². The molecule has 2 amide bonds. The van der Waals surface area contributed by atoms with Crippen LogP contribution < -0.4 is 10.6 Å². The lowest BCUT2D eigenvalue weighted by molar-refractivity contribution is -0.121. The summed E-state index contributed by atoms with van der Waals surface area (Å²) in [5, 5.41) is 10.6. The molecule has 1 aliphatic rings. The van der Waals surface area contributed by atoms with E-state index in [0.29, 0.717) is 53.9 Å². The Morgan fingerprint density at radius 3 is 2.46 bits per heavy atom. The van der Waals surface area contributed by atoms with Crippen LogP contribution in [0.15, 0.2) is 83.4 Å². The van der Waals surface area contributed by atoms with Gasteiger partial charge in [-0.05, 0) is 62.2 Å². The maximum absolute atomic E-state index is 13.1. The average molecular weight is 544 g/mol. The molecule has 1 aliphatic heterocycles. The predicted octanol–water partition coefficient (Wildman–Crippen LogP) is 5.21. The summed E-state index contributed by atoms with van der Waals surface area (Å²) in [5.74, 6) is 0.565. The van der Waals surface area contributed by atoms with Crippen molar-refractivity contribution in [2.75, 3.05) is 25.0 Å². The fourth-order valence-corrected chi connectivity index (χ4v) is 4.92. The number of halogens is 1. The molecule has 0 spiro atoms. The Labute approximate surface area is 232 Å². The molecule has 0 radical (unpaired) electrons. The van der Waals surface area contributed by atoms with Crippen molar-refractivity contribution in [3.8, 4) is 11.4 Å². The zero-order chi connectivity index (χ0) is 27.0. The first-order chi connectivity index (χ1) is 19.1. The molecule has 0 atom stereocenters. The SMILES string of the molecule is O=C(NCCc1ccccc1)c1ccccc1NC(=O)C1CCN(Cc2nc(-c3ccccc3Cl)no2)CC1. The molecule has 200 valence electrons. The van der Waals surface area contributed by atoms with Crippen LogP contribution in [-0.2, 0) is 17.8 Å². The summed E-state index contributed by atoms with van der Waals surface area (Å²) in [5.41, 5.74) is 2.88. The van der Waals surface area contributed by atoms with Gasteiger partial charge in [0.25, 0.3) is 5.91 Å². The summed E-state index contributed by atoms with van der Waals surface area (Å²) < 4.78 is 5.44. The van der Waals surface area contributed by atoms with Gasteiger partial charge in [-0.2, -0.15) is 4.98 Å². The van der Waals surface area contributed by atoms with Crippen LogP contribution in [-0.4, -0.2) is 46.5 Å². The topological polar surface area (TPSA) is 100 Å². The molecule has 2 N–H and O–H groups in total. The molecule has 8 nitrogen and oxygen atoms in total. The Morgan fingerprint density at radius 2 is 1.67 bits per heavy atom. The Balaban J connectivity index is 1.11. The third-order valence-corrected chi connectivity index (χ3v) is 7.20. The molecule has 5 rings (SSSR count). The molecule has 0 saturated carbocycles. The van der Waals surface area contributed by atoms with Crippen LogP contribution in [0.4, 0.5) is 5.69 Å². The van der Waals surface area contributed by atoms with E-state index in [1.165, 1.54) is 0 Å². The molecule has 0 aliphatic carbocycles. The lowest BCUT2D eigenvalue weighted by atomic mass is 9.95. The van der Waals surface area contributed by atoms with Gasteiger partial charge < -0.3 is 15.2 Å². The number of nitrogens with one attached hydrogen (secondary N) is 2. The van der Waals surface area contributed by atoms with Crippen LogP contribution in [0.1, 0.15) is 34.7 Å². The van der Waals surface area contributed by atoms with E-state index >= 15 is 0 Å². The van der Waals surface area contributed by atoms with Crippen molar-refractivity contribution in [3.05, 3.63) is 101 Å². The highest BCUT2D eigenvalue weighted by Gasteiger charge is 2.27. The summed E-state index contributed by atoms with van der Waals surface area (Å²) in [6.07, 6.45) is 2.14. The number of rotatable bonds is 9. The van der Waals surface area contributed by atoms with E-state index in [0.717, 1.165) is 30.6 Å². The number of para-hydroxylation sites is 1. The summed E-state index contributed by atoms with van der Waals surface area (Å²) in [6, 6.07) is 24.5. The maximum Gasteiger partial charge on any atom is 0.253 e. The molecule has 2 heterocycles. The zero-order valence-electron chi connectivity index (χ0n) is 21.5. The second-order valence-electron chi connectivity index (χ2n) is 9.57. The van der Waals surface area contributed by atoms with Crippen LogP contribution >= 0.6 is 11.6 Å². The van der Waals surface area contributed by atoms with E-state index in [1.54, 1.807) is 24.3 Å². The van der Waals surface area contributed by atoms with Crippen LogP contribution in [0.3, 0.4) is 0 Å². The third-order valence-electron chi connectivity index (χ3n) is 6.87. The van der Waals surface area contributed by atoms with E-state index in [1.807, 2.05) is 54.6 Å². The first-order valence-corrected chi connectivity index (χ1v) is 13.5. The maximum atomic E-state index is 13.1. The lowest BCUT2D eigenvalue weighted by Gasteiger charge is -2.30. The number of amides is 2. The molecule has 0 bridgehead atoms. The zero-order valence-corrected chi connectivity index (χ0v) is 22.2. The number of aromatic nitrogens is 2. The van der Waals surface area contributed by atoms with Gasteiger partial charge in [0.2, 0.25) is 17.6 Å². The van der Waals surface area contributed by atoms with Crippen LogP contribution in [0.25, 0.3) is 11.4 Å². The standard InChI is InChI=1S/C30H30ClN5O3/c31-25-12-6-4-10-23(25)28-34-27(39-35-28)20-36-18-15-22(16-19-36)29(37)33-26-13-7-5-11-24(26)30(38)32-17-14-21-8-2-1-3-9-21/h1-13,22H,14-20H2,(H,32,38)(H,33,37). The van der Waals surface area contributed by atoms with Gasteiger partial charge in [-0.3, -0.25) is 14.5 Å². The van der Waals surface area contributed by atoms with Gasteiger partial charge in [0, 0.05) is 18.0 Å². The number of piperidine rings is 1. The normalized spacial score (nSPS) is 14.2. The lowest BCUT2D eigenvalue weighted by Crippen LogP contribution is -2.38. The Morgan fingerprint density at radius 1 is 0.949 bits per heavy atom. The van der Waals surface area contributed by atoms with Crippen molar-refractivity contribution >= 4 is 29.1 Å². The van der Waals surface area contributed by atoms with Gasteiger partial charge in [0.05, 0.1) is 22.8 Å². The quantitative estimate of drug-likeness (QED) is 0.300. The molecule has 1 saturated heterocycles. The van der Waals surface area contributed by atoms with Gasteiger partial charge in [-0.15, -0.1) is 0 Å². The molecule has 39 heavy (non-hydrogen) atoms. The number of nitrogens with zero attached hydrogens (tertiary/aromatic N) is 3. The Kier molecular flexibility index (Phi) is 8.65. The molecular weight excluding hydrogens is 514 g/mol. The smallest absolute Gasteiger partial charge is 0.253 e. The molecule has 1 aromatic heterocycles. The Hall–Kier alpha value is -4.01. The molecule has 9 heteroatoms. The Bertz CT molecular complexity index is 1420. The summed E-state index contributed by atoms with van der Waals surface area (Å²) in [6.45, 7) is 2.48. The van der Waals surface area contributed by atoms with Gasteiger partial charge in [-0.25, -0.2) is 0 Å². The first kappa shape index (κ1) is 26.6. The number of anilines is 1. The molecular formula is C30H30ClN5O3. The molecule has 3 aromatic carbocycles. The first-order valence-electron chi connectivity index (χ1n) is 13.1. The summed E-state index contributed by atoms with van der Waals surface area (Å²) >= 11 is 6.24. The minimum atomic E-state index is -0.202. The fourth-order valence-electron chi connectivity index (χ4n) is 4.70. The molecule has 1 fully saturated rings. The van der Waals surface area contributed by atoms with Crippen molar-refractivity contribution in [1.82, 2.24) is 20.4 Å². The number of carbonyl (C=O) groups is 2. The number of likely N-dealkylation sites (tertiary alicyclic amines) is 1. The van der Waals surface area contributed by atoms with Crippen molar-refractivity contribution in [1.29, 1.82) is 0 Å². The number of benzene rings is 3. The number of hydrogen-bond donors (Lipinski definition) is 2. The van der Waals surface area contributed by atoms with Crippen molar-refractivity contribution in [2.45, 2.75) is 25.8 Å². The minimum absolute atomic E-state index is 0.0713. The van der Waals surface area contributed by atoms with Gasteiger partial charge in [-0.1, -0.05) is 71.4 Å². The van der Waals surface area contributed by atoms with Crippen molar-refractivity contribution in [2.24, 2.45) is 5.92 Å². The third kappa shape index (κ3) is 6.90. The fraction of sp³-hybridized carbons (Fsp3) is 0.267. The second-order valence-corrected chi connectivity index (χ2v) is 9.98. The highest BCUT2D eigenvalue weighted by atomic mass is 35.5. The number of hydrogen-bond acceptors (Lipinski definition) is 6. The van der Waals surface area contributed by atoms with Crippen LogP contribution in [0, 0.1) is 5.92 Å². The van der Waals surface area contributed by atoms with Gasteiger partial charge in [0.1, 0.15) is 0 Å². The highest BCUT2D eigenvalue weighted by Crippen LogP contribution is 2.26. The summed E-state index contributed by atoms with van der Waals surface area (Å²) in [4.78, 5) is 32.6. The monoisotopic (exact) mass is 543 g/mol. The van der Waals surface area contributed by atoms with Crippen LogP contribution in [0.2, 0.25) is 5.02 Å². The number of carbonyl (C=O) groups excluding carboxylic acids is 2. The van der Waals surface area contributed by atoms with E-state index in [9.17, 15) is 9.59 Å². The van der Waals surface area contributed by atoms with Crippen LogP contribution in [0.5, 0.6) is 0 Å². The second kappa shape index (κ2) is 12.7. The van der Waals surface area contributed by atoms with Crippen molar-refractivity contribution < 1.29 is 14.1 Å². The van der Waals surface area contributed by atoms with E-state index < -0.39 is 0 Å². The summed E-state index contributed by atoms with van der Waals surface area (Å²) in [7, 11) is 0. The van der Waals surface area contributed by atoms with Gasteiger partial charge >= 0.3 is 0 Å². The molecule has 4 aromatic rings. The predicted molar refractivity (Wildman–Crippen MR) is 150 cm³/mol. The van der Waals surface area contributed by atoms with E-state index in [4.69, 9.17) is 16.1 Å².